The standard InChI is InChI=1S/C24H22N4O3S2/c1-14(22(29)27-24-26-19(13-33-24)20-8-5-11-32-20)31-23(30)21-15-6-3-4-7-17(15)25-18-9-10-28(2)12-16(18)21/h3-8,11,13-14H,9-10,12H2,1-2H3,(H,26,27,29). The highest BCUT2D eigenvalue weighted by atomic mass is 32.1. The molecule has 3 aromatic heterocycles. The molecule has 0 aliphatic carbocycles. The second-order valence-electron chi connectivity index (χ2n) is 7.97. The molecule has 168 valence electrons. The molecule has 0 fully saturated rings. The van der Waals surface area contributed by atoms with E-state index in [1.807, 2.05) is 54.2 Å². The van der Waals surface area contributed by atoms with Gasteiger partial charge in [-0.3, -0.25) is 15.1 Å². The summed E-state index contributed by atoms with van der Waals surface area (Å²) in [5.74, 6) is -0.930. The molecule has 7 nitrogen and oxygen atoms in total. The van der Waals surface area contributed by atoms with Crippen molar-refractivity contribution in [3.8, 4) is 10.6 Å². The molecule has 5 rings (SSSR count). The Morgan fingerprint density at radius 2 is 2.00 bits per heavy atom. The van der Waals surface area contributed by atoms with E-state index in [9.17, 15) is 9.59 Å². The summed E-state index contributed by atoms with van der Waals surface area (Å²) < 4.78 is 5.64. The van der Waals surface area contributed by atoms with Crippen LogP contribution in [0, 0.1) is 0 Å². The van der Waals surface area contributed by atoms with Crippen LogP contribution in [0.4, 0.5) is 5.13 Å². The number of hydrogen-bond donors (Lipinski definition) is 1. The van der Waals surface area contributed by atoms with Gasteiger partial charge in [-0.25, -0.2) is 9.78 Å². The molecule has 0 radical (unpaired) electrons. The van der Waals surface area contributed by atoms with Crippen LogP contribution in [0.25, 0.3) is 21.5 Å². The van der Waals surface area contributed by atoms with E-state index < -0.39 is 18.0 Å². The topological polar surface area (TPSA) is 84.4 Å². The van der Waals surface area contributed by atoms with Crippen molar-refractivity contribution < 1.29 is 14.3 Å². The average Bonchev–Trinajstić information content (AvgIpc) is 3.49. The Hall–Kier alpha value is -3.14. The van der Waals surface area contributed by atoms with Crippen LogP contribution in [-0.4, -0.2) is 46.4 Å². The van der Waals surface area contributed by atoms with Gasteiger partial charge in [-0.1, -0.05) is 24.3 Å². The number of aromatic nitrogens is 2. The Morgan fingerprint density at radius 1 is 1.15 bits per heavy atom. The van der Waals surface area contributed by atoms with E-state index in [4.69, 9.17) is 9.72 Å². The summed E-state index contributed by atoms with van der Waals surface area (Å²) in [5.41, 5.74) is 3.86. The van der Waals surface area contributed by atoms with E-state index in [1.54, 1.807) is 18.3 Å². The first-order chi connectivity index (χ1) is 16.0. The van der Waals surface area contributed by atoms with Gasteiger partial charge in [0, 0.05) is 41.5 Å². The Balaban J connectivity index is 1.36. The van der Waals surface area contributed by atoms with E-state index in [0.717, 1.165) is 45.7 Å². The number of para-hydroxylation sites is 1. The first kappa shape index (κ1) is 21.7. The SMILES string of the molecule is CC(OC(=O)c1c2c(nc3ccccc13)CCN(C)C2)C(=O)Nc1nc(-c2cccs2)cs1. The number of nitrogens with one attached hydrogen (secondary N) is 1. The van der Waals surface area contributed by atoms with E-state index >= 15 is 0 Å². The Morgan fingerprint density at radius 3 is 2.82 bits per heavy atom. The number of hydrogen-bond acceptors (Lipinski definition) is 8. The second-order valence-corrected chi connectivity index (χ2v) is 9.77. The molecule has 1 aliphatic heterocycles. The molecule has 1 amide bonds. The van der Waals surface area contributed by atoms with Crippen LogP contribution in [0.3, 0.4) is 0 Å². The lowest BCUT2D eigenvalue weighted by molar-refractivity contribution is -0.123. The van der Waals surface area contributed by atoms with E-state index in [-0.39, 0.29) is 0 Å². The van der Waals surface area contributed by atoms with Gasteiger partial charge in [-0.2, -0.15) is 0 Å². The van der Waals surface area contributed by atoms with E-state index in [1.165, 1.54) is 11.3 Å². The van der Waals surface area contributed by atoms with Crippen molar-refractivity contribution in [1.82, 2.24) is 14.9 Å². The van der Waals surface area contributed by atoms with Crippen molar-refractivity contribution in [3.63, 3.8) is 0 Å². The minimum Gasteiger partial charge on any atom is -0.449 e. The maximum Gasteiger partial charge on any atom is 0.339 e. The summed E-state index contributed by atoms with van der Waals surface area (Å²) >= 11 is 2.93. The number of thiophene rings is 1. The fourth-order valence-electron chi connectivity index (χ4n) is 3.91. The molecule has 33 heavy (non-hydrogen) atoms. The van der Waals surface area contributed by atoms with Crippen molar-refractivity contribution in [3.05, 3.63) is 64.0 Å². The number of carbonyl (C=O) groups excluding carboxylic acids is 2. The van der Waals surface area contributed by atoms with Gasteiger partial charge in [0.1, 0.15) is 0 Å². The molecular weight excluding hydrogens is 456 g/mol. The number of pyridine rings is 1. The summed E-state index contributed by atoms with van der Waals surface area (Å²) in [6.45, 7) is 3.07. The fraction of sp³-hybridized carbons (Fsp3) is 0.250. The van der Waals surface area contributed by atoms with Crippen molar-refractivity contribution in [2.24, 2.45) is 0 Å². The molecule has 4 aromatic rings. The maximum absolute atomic E-state index is 13.3. The zero-order chi connectivity index (χ0) is 22.9. The first-order valence-corrected chi connectivity index (χ1v) is 12.4. The zero-order valence-corrected chi connectivity index (χ0v) is 19.8. The number of benzene rings is 1. The molecule has 0 saturated carbocycles. The number of esters is 1. The van der Waals surface area contributed by atoms with Crippen LogP contribution < -0.4 is 5.32 Å². The third-order valence-corrected chi connectivity index (χ3v) is 7.25. The van der Waals surface area contributed by atoms with Crippen molar-refractivity contribution in [2.75, 3.05) is 18.9 Å². The lowest BCUT2D eigenvalue weighted by Crippen LogP contribution is -2.32. The molecule has 1 aliphatic rings. The summed E-state index contributed by atoms with van der Waals surface area (Å²) in [6, 6.07) is 11.5. The average molecular weight is 479 g/mol. The van der Waals surface area contributed by atoms with Crippen LogP contribution in [0.2, 0.25) is 0 Å². The molecule has 0 bridgehead atoms. The van der Waals surface area contributed by atoms with Gasteiger partial charge in [0.05, 0.1) is 21.7 Å². The number of fused-ring (bicyclic) bond motifs is 2. The Kier molecular flexibility index (Phi) is 5.92. The number of anilines is 1. The predicted molar refractivity (Wildman–Crippen MR) is 131 cm³/mol. The monoisotopic (exact) mass is 478 g/mol. The van der Waals surface area contributed by atoms with Crippen molar-refractivity contribution in [1.29, 1.82) is 0 Å². The van der Waals surface area contributed by atoms with Gasteiger partial charge < -0.3 is 9.64 Å². The lowest BCUT2D eigenvalue weighted by atomic mass is 9.96. The van der Waals surface area contributed by atoms with E-state index in [2.05, 4.69) is 15.2 Å². The largest absolute Gasteiger partial charge is 0.449 e. The first-order valence-electron chi connectivity index (χ1n) is 10.6. The van der Waals surface area contributed by atoms with E-state index in [0.29, 0.717) is 17.2 Å². The summed E-state index contributed by atoms with van der Waals surface area (Å²) in [7, 11) is 2.02. The van der Waals surface area contributed by atoms with Crippen LogP contribution >= 0.6 is 22.7 Å². The van der Waals surface area contributed by atoms with Crippen LogP contribution in [0.1, 0.15) is 28.5 Å². The highest BCUT2D eigenvalue weighted by Crippen LogP contribution is 2.30. The van der Waals surface area contributed by atoms with Gasteiger partial charge in [0.2, 0.25) is 0 Å². The smallest absolute Gasteiger partial charge is 0.339 e. The lowest BCUT2D eigenvalue weighted by Gasteiger charge is -2.27. The molecule has 1 atom stereocenters. The molecule has 0 saturated heterocycles. The molecule has 4 heterocycles. The number of likely N-dealkylation sites (N-methyl/N-ethyl adjacent to an activating group) is 1. The van der Waals surface area contributed by atoms with Gasteiger partial charge in [-0.15, -0.1) is 22.7 Å². The molecule has 1 aromatic carbocycles. The molecule has 0 spiro atoms. The van der Waals surface area contributed by atoms with Crippen LogP contribution in [0.5, 0.6) is 0 Å². The predicted octanol–water partition coefficient (Wildman–Crippen LogP) is 4.59. The van der Waals surface area contributed by atoms with Gasteiger partial charge in [-0.05, 0) is 31.5 Å². The third-order valence-electron chi connectivity index (χ3n) is 5.60. The summed E-state index contributed by atoms with van der Waals surface area (Å²) in [6.07, 6.45) is -0.209. The number of ether oxygens (including phenoxy) is 1. The Labute approximate surface area is 199 Å². The van der Waals surface area contributed by atoms with Crippen LogP contribution in [0.15, 0.2) is 47.2 Å². The number of amides is 1. The van der Waals surface area contributed by atoms with Crippen LogP contribution in [-0.2, 0) is 22.5 Å². The Bertz CT molecular complexity index is 1330. The minimum atomic E-state index is -0.976. The van der Waals surface area contributed by atoms with Gasteiger partial charge >= 0.3 is 5.97 Å². The normalized spacial score (nSPS) is 14.6. The summed E-state index contributed by atoms with van der Waals surface area (Å²) in [5, 5.41) is 7.85. The second kappa shape index (κ2) is 9.01. The molecule has 1 N–H and O–H groups in total. The molecule has 1 unspecified atom stereocenters. The van der Waals surface area contributed by atoms with Gasteiger partial charge in [0.15, 0.2) is 11.2 Å². The zero-order valence-electron chi connectivity index (χ0n) is 18.2. The molecular formula is C24H22N4O3S2. The highest BCUT2D eigenvalue weighted by molar-refractivity contribution is 7.16. The van der Waals surface area contributed by atoms with Gasteiger partial charge in [0.25, 0.3) is 5.91 Å². The highest BCUT2D eigenvalue weighted by Gasteiger charge is 2.28. The number of nitrogens with zero attached hydrogens (tertiary/aromatic N) is 3. The fourth-order valence-corrected chi connectivity index (χ4v) is 5.38. The number of carbonyl (C=O) groups is 2. The minimum absolute atomic E-state index is 0.417. The third kappa shape index (κ3) is 4.39. The quantitative estimate of drug-likeness (QED) is 0.422. The summed E-state index contributed by atoms with van der Waals surface area (Å²) in [4.78, 5) is 38.5. The number of thiazole rings is 1. The van der Waals surface area contributed by atoms with Crippen molar-refractivity contribution in [2.45, 2.75) is 26.0 Å². The van der Waals surface area contributed by atoms with Crippen molar-refractivity contribution >= 4 is 50.6 Å². The number of rotatable bonds is 5. The molecule has 9 heteroatoms. The maximum atomic E-state index is 13.3.